The zero-order chi connectivity index (χ0) is 22.5. The number of para-hydroxylation sites is 2. The monoisotopic (exact) mass is 430 g/mol. The Balaban J connectivity index is 1.99. The Morgan fingerprint density at radius 3 is 2.68 bits per heavy atom. The first-order valence-electron chi connectivity index (χ1n) is 10.7. The van der Waals surface area contributed by atoms with Gasteiger partial charge in [-0.3, -0.25) is 19.1 Å². The number of unbranched alkanes of at least 4 members (excludes halogenated alkanes) is 1. The molecule has 9 heteroatoms. The van der Waals surface area contributed by atoms with Crippen LogP contribution in [-0.2, 0) is 11.3 Å². The Morgan fingerprint density at radius 2 is 2.00 bits per heavy atom. The summed E-state index contributed by atoms with van der Waals surface area (Å²) in [4.78, 5) is 42.1. The molecule has 1 aromatic heterocycles. The zero-order valence-electron chi connectivity index (χ0n) is 18.2. The Morgan fingerprint density at radius 1 is 1.29 bits per heavy atom. The van der Waals surface area contributed by atoms with Crippen LogP contribution in [0.1, 0.15) is 40.0 Å². The van der Waals surface area contributed by atoms with Crippen molar-refractivity contribution >= 4 is 17.4 Å². The van der Waals surface area contributed by atoms with Gasteiger partial charge in [-0.15, -0.1) is 0 Å². The number of carbonyl (C=O) groups is 1. The molecule has 168 valence electrons. The number of carbonyl (C=O) groups excluding carboxylic acids is 1. The predicted molar refractivity (Wildman–Crippen MR) is 119 cm³/mol. The number of fused-ring (bicyclic) bond motifs is 1. The third-order valence-corrected chi connectivity index (χ3v) is 5.20. The number of H-pyrrole nitrogens is 1. The Labute approximate surface area is 180 Å². The van der Waals surface area contributed by atoms with Gasteiger partial charge in [-0.2, -0.15) is 0 Å². The molecule has 0 radical (unpaired) electrons. The normalized spacial score (nSPS) is 15.2. The van der Waals surface area contributed by atoms with Gasteiger partial charge in [0.1, 0.15) is 12.4 Å². The van der Waals surface area contributed by atoms with Crippen LogP contribution in [0, 0.1) is 5.92 Å². The van der Waals surface area contributed by atoms with E-state index >= 15 is 0 Å². The van der Waals surface area contributed by atoms with Crippen molar-refractivity contribution in [2.24, 2.45) is 5.92 Å². The lowest BCUT2D eigenvalue weighted by molar-refractivity contribution is -0.127. The molecule has 2 aromatic rings. The number of benzene rings is 1. The van der Waals surface area contributed by atoms with Gasteiger partial charge in [0.2, 0.25) is 6.10 Å². The fraction of sp³-hybridized carbons (Fsp3) is 0.500. The second-order valence-electron chi connectivity index (χ2n) is 8.03. The second kappa shape index (κ2) is 9.72. The van der Waals surface area contributed by atoms with E-state index in [1.807, 2.05) is 26.8 Å². The molecule has 0 saturated heterocycles. The summed E-state index contributed by atoms with van der Waals surface area (Å²) in [6, 6.07) is 7.09. The van der Waals surface area contributed by atoms with Crippen LogP contribution in [0.3, 0.4) is 0 Å². The number of rotatable bonds is 8. The van der Waals surface area contributed by atoms with Crippen LogP contribution in [0.4, 0.5) is 11.5 Å². The van der Waals surface area contributed by atoms with Crippen molar-refractivity contribution in [2.45, 2.75) is 52.7 Å². The number of aromatic nitrogens is 2. The van der Waals surface area contributed by atoms with E-state index in [4.69, 9.17) is 15.2 Å². The minimum absolute atomic E-state index is 0.0152. The van der Waals surface area contributed by atoms with Gasteiger partial charge in [-0.1, -0.05) is 39.3 Å². The Hall–Kier alpha value is -3.23. The van der Waals surface area contributed by atoms with Crippen LogP contribution in [0.5, 0.6) is 11.5 Å². The van der Waals surface area contributed by atoms with E-state index in [1.165, 1.54) is 9.47 Å². The summed E-state index contributed by atoms with van der Waals surface area (Å²) in [6.45, 7) is 6.67. The molecule has 9 nitrogen and oxygen atoms in total. The van der Waals surface area contributed by atoms with Crippen molar-refractivity contribution in [3.8, 4) is 11.5 Å². The maximum absolute atomic E-state index is 13.5. The number of hydrogen-bond acceptors (Lipinski definition) is 6. The second-order valence-corrected chi connectivity index (χ2v) is 8.03. The minimum atomic E-state index is -0.933. The number of aromatic amines is 1. The first-order chi connectivity index (χ1) is 14.8. The lowest BCUT2D eigenvalue weighted by Crippen LogP contribution is -2.50. The predicted octanol–water partition coefficient (Wildman–Crippen LogP) is 2.14. The number of amides is 1. The van der Waals surface area contributed by atoms with Gasteiger partial charge >= 0.3 is 5.69 Å². The number of nitrogens with zero attached hydrogens (tertiary/aromatic N) is 2. The molecule has 0 saturated carbocycles. The van der Waals surface area contributed by atoms with Crippen molar-refractivity contribution in [1.29, 1.82) is 0 Å². The summed E-state index contributed by atoms with van der Waals surface area (Å²) in [7, 11) is 0. The van der Waals surface area contributed by atoms with Crippen molar-refractivity contribution in [3.63, 3.8) is 0 Å². The quantitative estimate of drug-likeness (QED) is 0.662. The lowest BCUT2D eigenvalue weighted by Gasteiger charge is -2.31. The molecular weight excluding hydrogens is 400 g/mol. The summed E-state index contributed by atoms with van der Waals surface area (Å²) >= 11 is 0. The number of nitrogens with one attached hydrogen (secondary N) is 1. The van der Waals surface area contributed by atoms with Crippen LogP contribution in [0.15, 0.2) is 33.9 Å². The van der Waals surface area contributed by atoms with Gasteiger partial charge in [0.15, 0.2) is 17.2 Å². The van der Waals surface area contributed by atoms with Gasteiger partial charge in [-0.05, 0) is 30.9 Å². The first kappa shape index (κ1) is 22.5. The molecule has 1 aliphatic rings. The maximum atomic E-state index is 13.5. The molecule has 0 fully saturated rings. The fourth-order valence-electron chi connectivity index (χ4n) is 3.41. The van der Waals surface area contributed by atoms with Crippen molar-refractivity contribution < 1.29 is 14.3 Å². The molecule has 1 aliphatic heterocycles. The van der Waals surface area contributed by atoms with E-state index in [1.54, 1.807) is 18.2 Å². The number of nitrogen functional groups attached to an aromatic ring is 1. The molecule has 0 aliphatic carbocycles. The molecule has 0 bridgehead atoms. The number of ether oxygens (including phenoxy) is 2. The topological polar surface area (TPSA) is 120 Å². The van der Waals surface area contributed by atoms with Crippen LogP contribution in [0.25, 0.3) is 0 Å². The average molecular weight is 431 g/mol. The van der Waals surface area contributed by atoms with E-state index in [0.29, 0.717) is 30.9 Å². The maximum Gasteiger partial charge on any atom is 0.330 e. The largest absolute Gasteiger partial charge is 0.485 e. The average Bonchev–Trinajstić information content (AvgIpc) is 2.74. The summed E-state index contributed by atoms with van der Waals surface area (Å²) in [5.41, 5.74) is 4.96. The third kappa shape index (κ3) is 4.92. The van der Waals surface area contributed by atoms with Crippen LogP contribution in [0.2, 0.25) is 0 Å². The van der Waals surface area contributed by atoms with Crippen molar-refractivity contribution in [2.75, 3.05) is 23.8 Å². The van der Waals surface area contributed by atoms with E-state index in [9.17, 15) is 14.4 Å². The number of hydrogen-bond donors (Lipinski definition) is 2. The third-order valence-electron chi connectivity index (χ3n) is 5.20. The van der Waals surface area contributed by atoms with Gasteiger partial charge in [0.25, 0.3) is 11.5 Å². The first-order valence-corrected chi connectivity index (χ1v) is 10.7. The van der Waals surface area contributed by atoms with Crippen LogP contribution >= 0.6 is 0 Å². The molecule has 3 N–H and O–H groups in total. The molecular formula is C22H30N4O5. The lowest BCUT2D eigenvalue weighted by atomic mass is 10.1. The number of anilines is 2. The summed E-state index contributed by atoms with van der Waals surface area (Å²) in [5.74, 6) is 0.854. The highest BCUT2D eigenvalue weighted by atomic mass is 16.6. The van der Waals surface area contributed by atoms with Gasteiger partial charge < -0.3 is 20.1 Å². The summed E-state index contributed by atoms with van der Waals surface area (Å²) in [5, 5.41) is 0. The van der Waals surface area contributed by atoms with Gasteiger partial charge in [0, 0.05) is 13.1 Å². The SMILES string of the molecule is CCCCn1c(N)c(N(CCC(C)C)C(=O)C2COc3ccccc3O2)c(=O)[nH]c1=O. The van der Waals surface area contributed by atoms with E-state index in [0.717, 1.165) is 6.42 Å². The van der Waals surface area contributed by atoms with Crippen molar-refractivity contribution in [1.82, 2.24) is 9.55 Å². The van der Waals surface area contributed by atoms with E-state index in [2.05, 4.69) is 4.98 Å². The molecule has 1 aromatic carbocycles. The summed E-state index contributed by atoms with van der Waals surface area (Å²) < 4.78 is 12.9. The molecule has 3 rings (SSSR count). The van der Waals surface area contributed by atoms with Crippen LogP contribution in [-0.4, -0.2) is 34.7 Å². The highest BCUT2D eigenvalue weighted by molar-refractivity contribution is 5.99. The molecule has 0 spiro atoms. The standard InChI is InChI=1S/C22H30N4O5/c1-4-5-11-26-19(23)18(20(27)24-22(26)29)25(12-10-14(2)3)21(28)17-13-30-15-8-6-7-9-16(15)31-17/h6-9,14,17H,4-5,10-13,23H2,1-3H3,(H,24,27,29). The van der Waals surface area contributed by atoms with E-state index in [-0.39, 0.29) is 30.6 Å². The fourth-order valence-corrected chi connectivity index (χ4v) is 3.41. The molecule has 1 atom stereocenters. The molecule has 2 heterocycles. The Kier molecular flexibility index (Phi) is 7.04. The number of nitrogens with two attached hydrogens (primary N) is 1. The molecule has 31 heavy (non-hydrogen) atoms. The molecule has 1 amide bonds. The smallest absolute Gasteiger partial charge is 0.330 e. The van der Waals surface area contributed by atoms with Gasteiger partial charge in [0.05, 0.1) is 0 Å². The van der Waals surface area contributed by atoms with Crippen LogP contribution < -0.4 is 31.4 Å². The molecule has 1 unspecified atom stereocenters. The van der Waals surface area contributed by atoms with E-state index < -0.39 is 23.3 Å². The minimum Gasteiger partial charge on any atom is -0.485 e. The highest BCUT2D eigenvalue weighted by Gasteiger charge is 2.34. The van der Waals surface area contributed by atoms with Crippen molar-refractivity contribution in [3.05, 3.63) is 45.1 Å². The van der Waals surface area contributed by atoms with Gasteiger partial charge in [-0.25, -0.2) is 4.79 Å². The highest BCUT2D eigenvalue weighted by Crippen LogP contribution is 2.32. The summed E-state index contributed by atoms with van der Waals surface area (Å²) in [6.07, 6.45) is 1.27. The zero-order valence-corrected chi connectivity index (χ0v) is 18.2. The Bertz CT molecular complexity index is 1040.